The molecule has 8 heteroatoms. The van der Waals surface area contributed by atoms with Crippen LogP contribution in [0.15, 0.2) is 60.7 Å². The number of benzene rings is 2. The normalized spacial score (nSPS) is 12.8. The summed E-state index contributed by atoms with van der Waals surface area (Å²) in [6.07, 6.45) is 75.4. The maximum Gasteiger partial charge on any atom is 0.306 e. The first-order valence-corrected chi connectivity index (χ1v) is 42.2. The molecule has 0 aliphatic carbocycles. The zero-order valence-electron chi connectivity index (χ0n) is 63.8. The molecule has 4 atom stereocenters. The number of nitrogens with one attached hydrogen (secondary N) is 2. The maximum atomic E-state index is 12.8. The Kier molecular flexibility index (Phi) is 63.0. The summed E-state index contributed by atoms with van der Waals surface area (Å²) in [6, 6.07) is 20.0. The van der Waals surface area contributed by atoms with E-state index in [0.717, 1.165) is 86.2 Å². The van der Waals surface area contributed by atoms with Crippen molar-refractivity contribution in [1.29, 1.82) is 0 Å². The second-order valence-electron chi connectivity index (χ2n) is 29.9. The first-order chi connectivity index (χ1) is 47.3. The summed E-state index contributed by atoms with van der Waals surface area (Å²) in [4.78, 5) is 50.2. The Labute approximate surface area is 594 Å². The summed E-state index contributed by atoms with van der Waals surface area (Å²) in [5.74, 6) is 3.54. The molecular formula is C88H156N2O6. The molecule has 2 amide bonds. The molecule has 0 fully saturated rings. The van der Waals surface area contributed by atoms with Gasteiger partial charge in [-0.2, -0.15) is 0 Å². The van der Waals surface area contributed by atoms with Crippen molar-refractivity contribution in [3.8, 4) is 0 Å². The van der Waals surface area contributed by atoms with E-state index in [9.17, 15) is 19.2 Å². The molecule has 0 saturated carbocycles. The Bertz CT molecular complexity index is 1850. The van der Waals surface area contributed by atoms with Crippen LogP contribution >= 0.6 is 0 Å². The molecule has 0 bridgehead atoms. The van der Waals surface area contributed by atoms with Gasteiger partial charge in [-0.05, 0) is 60.5 Å². The molecule has 2 aromatic rings. The fourth-order valence-corrected chi connectivity index (χ4v) is 15.0. The highest BCUT2D eigenvalue weighted by molar-refractivity contribution is 5.77. The van der Waals surface area contributed by atoms with E-state index in [0.29, 0.717) is 52.0 Å². The Hall–Kier alpha value is -3.68. The van der Waals surface area contributed by atoms with Crippen LogP contribution in [0.5, 0.6) is 0 Å². The number of hydrogen-bond acceptors (Lipinski definition) is 6. The van der Waals surface area contributed by atoms with Gasteiger partial charge in [0.2, 0.25) is 11.8 Å². The number of ether oxygens (including phenoxy) is 2. The molecule has 8 nitrogen and oxygen atoms in total. The van der Waals surface area contributed by atoms with Crippen molar-refractivity contribution in [1.82, 2.24) is 10.6 Å². The van der Waals surface area contributed by atoms with E-state index < -0.39 is 0 Å². The molecule has 2 rings (SSSR count). The van der Waals surface area contributed by atoms with E-state index in [1.54, 1.807) is 0 Å². The van der Waals surface area contributed by atoms with Crippen LogP contribution in [-0.2, 0) is 41.9 Å². The Balaban J connectivity index is 1.67. The average molecular weight is 1340 g/mol. The SMILES string of the molecule is CCCCCCCCC(CCCCCCCCC(=O)NCCNC(=O)CCCCCCCCC(CCCCCCCC)C(CCCCCCCC)CCCCCCCCC(=O)OCc1ccccc1)C(CCCCCCCC)CCCCCCCCC(=O)OCc1ccccc1. The van der Waals surface area contributed by atoms with E-state index in [1.807, 2.05) is 60.7 Å². The molecule has 0 spiro atoms. The third-order valence-corrected chi connectivity index (χ3v) is 21.2. The number of hydrogen-bond donors (Lipinski definition) is 2. The van der Waals surface area contributed by atoms with Crippen molar-refractivity contribution in [2.24, 2.45) is 23.7 Å². The highest BCUT2D eigenvalue weighted by atomic mass is 16.5. The average Bonchev–Trinajstić information content (AvgIpc) is 1.79. The van der Waals surface area contributed by atoms with Crippen LogP contribution in [-0.4, -0.2) is 36.8 Å². The first kappa shape index (κ1) is 88.4. The molecule has 0 radical (unpaired) electrons. The molecular weight excluding hydrogens is 1180 g/mol. The summed E-state index contributed by atoms with van der Waals surface area (Å²) in [7, 11) is 0. The van der Waals surface area contributed by atoms with Crippen LogP contribution in [0.4, 0.5) is 0 Å². The van der Waals surface area contributed by atoms with Gasteiger partial charge in [0.1, 0.15) is 13.2 Å². The minimum absolute atomic E-state index is 0.0692. The number of amides is 2. The zero-order valence-corrected chi connectivity index (χ0v) is 63.8. The molecule has 0 aliphatic heterocycles. The number of unbranched alkanes of at least 4 members (excludes halogenated alkanes) is 40. The lowest BCUT2D eigenvalue weighted by Crippen LogP contribution is -2.34. The fourth-order valence-electron chi connectivity index (χ4n) is 15.0. The van der Waals surface area contributed by atoms with Gasteiger partial charge in [0, 0.05) is 38.8 Å². The second kappa shape index (κ2) is 68.5. The summed E-state index contributed by atoms with van der Waals surface area (Å²) in [5, 5.41) is 6.14. The van der Waals surface area contributed by atoms with Gasteiger partial charge in [-0.3, -0.25) is 19.2 Å². The second-order valence-corrected chi connectivity index (χ2v) is 29.9. The van der Waals surface area contributed by atoms with Gasteiger partial charge in [0.25, 0.3) is 0 Å². The topological polar surface area (TPSA) is 111 Å². The molecule has 0 aromatic heterocycles. The molecule has 0 heterocycles. The van der Waals surface area contributed by atoms with Crippen LogP contribution in [0.2, 0.25) is 0 Å². The molecule has 4 unspecified atom stereocenters. The summed E-state index contributed by atoms with van der Waals surface area (Å²) < 4.78 is 11.0. The van der Waals surface area contributed by atoms with Gasteiger partial charge in [-0.15, -0.1) is 0 Å². The van der Waals surface area contributed by atoms with Crippen molar-refractivity contribution in [2.75, 3.05) is 13.1 Å². The third kappa shape index (κ3) is 56.1. The molecule has 554 valence electrons. The first-order valence-electron chi connectivity index (χ1n) is 42.2. The van der Waals surface area contributed by atoms with Gasteiger partial charge < -0.3 is 20.1 Å². The number of esters is 2. The Morgan fingerprint density at radius 3 is 0.688 bits per heavy atom. The summed E-state index contributed by atoms with van der Waals surface area (Å²) in [6.45, 7) is 11.1. The summed E-state index contributed by atoms with van der Waals surface area (Å²) >= 11 is 0. The predicted molar refractivity (Wildman–Crippen MR) is 412 cm³/mol. The fraction of sp³-hybridized carbons (Fsp3) is 0.818. The number of carbonyl (C=O) groups excluding carboxylic acids is 4. The van der Waals surface area contributed by atoms with Gasteiger partial charge in [-0.1, -0.05) is 422 Å². The maximum absolute atomic E-state index is 12.8. The minimum atomic E-state index is -0.0692. The van der Waals surface area contributed by atoms with Crippen molar-refractivity contribution in [3.63, 3.8) is 0 Å². The van der Waals surface area contributed by atoms with Crippen molar-refractivity contribution in [3.05, 3.63) is 71.8 Å². The lowest BCUT2D eigenvalue weighted by Gasteiger charge is -2.28. The van der Waals surface area contributed by atoms with Gasteiger partial charge in [0.05, 0.1) is 0 Å². The molecule has 2 N–H and O–H groups in total. The quantitative estimate of drug-likeness (QED) is 0.0504. The number of rotatable bonds is 73. The third-order valence-electron chi connectivity index (χ3n) is 21.2. The van der Waals surface area contributed by atoms with Crippen molar-refractivity contribution < 1.29 is 28.7 Å². The van der Waals surface area contributed by atoms with Crippen molar-refractivity contribution >= 4 is 23.8 Å². The Morgan fingerprint density at radius 1 is 0.260 bits per heavy atom. The standard InChI is InChI=1S/C88H156N2O6/c1-5-9-13-17-29-47-63-81(83(65-49-31-19-15-11-7-3)69-53-35-23-27-39-57-73-87(93)95-77-79-59-43-41-44-60-79)67-51-33-21-25-37-55-71-85(91)89-75-76-90-86(92)72-56-38-26-22-34-52-68-82(64-48-30-18-14-10-6-2)84(66-50-32-20-16-12-8-4)70-54-36-24-28-40-58-74-88(94)96-78-80-61-45-42-46-62-80/h41-46,59-62,81-84H,5-40,47-58,63-78H2,1-4H3,(H,89,91)(H,90,92). The van der Waals surface area contributed by atoms with E-state index in [-0.39, 0.29) is 23.8 Å². The largest absolute Gasteiger partial charge is 0.461 e. The molecule has 0 aliphatic rings. The van der Waals surface area contributed by atoms with Gasteiger partial charge >= 0.3 is 11.9 Å². The van der Waals surface area contributed by atoms with Crippen LogP contribution in [0, 0.1) is 23.7 Å². The van der Waals surface area contributed by atoms with Gasteiger partial charge in [-0.25, -0.2) is 0 Å². The lowest BCUT2D eigenvalue weighted by atomic mass is 9.78. The van der Waals surface area contributed by atoms with Crippen LogP contribution in [0.3, 0.4) is 0 Å². The smallest absolute Gasteiger partial charge is 0.306 e. The molecule has 0 saturated heterocycles. The molecule has 96 heavy (non-hydrogen) atoms. The van der Waals surface area contributed by atoms with E-state index in [2.05, 4.69) is 38.3 Å². The van der Waals surface area contributed by atoms with Crippen LogP contribution < -0.4 is 10.6 Å². The monoisotopic (exact) mass is 1340 g/mol. The number of carbonyl (C=O) groups is 4. The predicted octanol–water partition coefficient (Wildman–Crippen LogP) is 26.7. The highest BCUT2D eigenvalue weighted by Gasteiger charge is 2.23. The highest BCUT2D eigenvalue weighted by Crippen LogP contribution is 2.36. The van der Waals surface area contributed by atoms with Gasteiger partial charge in [0.15, 0.2) is 0 Å². The van der Waals surface area contributed by atoms with Crippen LogP contribution in [0.1, 0.15) is 424 Å². The summed E-state index contributed by atoms with van der Waals surface area (Å²) in [5.41, 5.74) is 2.10. The minimum Gasteiger partial charge on any atom is -0.461 e. The molecule has 2 aromatic carbocycles. The Morgan fingerprint density at radius 2 is 0.458 bits per heavy atom. The van der Waals surface area contributed by atoms with E-state index >= 15 is 0 Å². The van der Waals surface area contributed by atoms with Crippen LogP contribution in [0.25, 0.3) is 0 Å². The lowest BCUT2D eigenvalue weighted by molar-refractivity contribution is -0.146. The van der Waals surface area contributed by atoms with Crippen molar-refractivity contribution in [2.45, 2.75) is 426 Å². The zero-order chi connectivity index (χ0) is 68.9. The van der Waals surface area contributed by atoms with E-state index in [1.165, 1.54) is 308 Å². The van der Waals surface area contributed by atoms with E-state index in [4.69, 9.17) is 9.47 Å².